The average Bonchev–Trinajstić information content (AvgIpc) is 3.07. The van der Waals surface area contributed by atoms with Gasteiger partial charge < -0.3 is 14.1 Å². The van der Waals surface area contributed by atoms with Gasteiger partial charge in [0.25, 0.3) is 0 Å². The molecule has 1 aliphatic rings. The summed E-state index contributed by atoms with van der Waals surface area (Å²) in [5, 5.41) is 18.5. The summed E-state index contributed by atoms with van der Waals surface area (Å²) in [5.74, 6) is 0.980. The number of aromatic nitrogens is 3. The normalized spacial score (nSPS) is 17.6. The topological polar surface area (TPSA) is 88.1 Å². The van der Waals surface area contributed by atoms with E-state index >= 15 is 0 Å². The Morgan fingerprint density at radius 1 is 1.28 bits per heavy atom. The Morgan fingerprint density at radius 2 is 2.16 bits per heavy atom. The van der Waals surface area contributed by atoms with Crippen molar-refractivity contribution >= 4 is 16.6 Å². The molecule has 1 atom stereocenters. The lowest BCUT2D eigenvalue weighted by Gasteiger charge is -2.34. The molecule has 1 aliphatic heterocycles. The minimum Gasteiger partial charge on any atom is -0.423 e. The summed E-state index contributed by atoms with van der Waals surface area (Å²) in [7, 11) is 0. The number of benzene rings is 1. The average molecular weight is 335 g/mol. The van der Waals surface area contributed by atoms with Crippen molar-refractivity contribution in [3.05, 3.63) is 47.3 Å². The third kappa shape index (κ3) is 2.81. The van der Waals surface area contributed by atoms with Gasteiger partial charge in [0.1, 0.15) is 6.07 Å². The van der Waals surface area contributed by atoms with Crippen molar-refractivity contribution < 1.29 is 9.15 Å². The summed E-state index contributed by atoms with van der Waals surface area (Å²) >= 11 is 0. The smallest absolute Gasteiger partial charge is 0.246 e. The van der Waals surface area contributed by atoms with Crippen molar-refractivity contribution in [2.45, 2.75) is 20.0 Å². The van der Waals surface area contributed by atoms with E-state index in [0.717, 1.165) is 22.2 Å². The molecule has 1 unspecified atom stereocenters. The summed E-state index contributed by atoms with van der Waals surface area (Å²) in [6.45, 7) is 5.54. The van der Waals surface area contributed by atoms with Crippen molar-refractivity contribution in [2.24, 2.45) is 0 Å². The molecular formula is C18H17N5O2. The molecular weight excluding hydrogens is 318 g/mol. The fourth-order valence-electron chi connectivity index (χ4n) is 3.16. The second-order valence-electron chi connectivity index (χ2n) is 6.12. The van der Waals surface area contributed by atoms with Crippen molar-refractivity contribution in [1.82, 2.24) is 15.2 Å². The van der Waals surface area contributed by atoms with E-state index in [-0.39, 0.29) is 6.10 Å². The molecule has 0 N–H and O–H groups in total. The maximum atomic E-state index is 9.58. The van der Waals surface area contributed by atoms with E-state index in [1.54, 1.807) is 13.1 Å². The first-order valence-corrected chi connectivity index (χ1v) is 8.11. The first kappa shape index (κ1) is 15.5. The number of aryl methyl sites for hydroxylation is 2. The molecule has 0 spiro atoms. The number of rotatable bonds is 2. The predicted molar refractivity (Wildman–Crippen MR) is 91.1 cm³/mol. The van der Waals surface area contributed by atoms with Crippen LogP contribution in [0.1, 0.15) is 29.0 Å². The molecule has 4 rings (SSSR count). The fourth-order valence-corrected chi connectivity index (χ4v) is 3.16. The number of anilines is 1. The Morgan fingerprint density at radius 3 is 2.92 bits per heavy atom. The summed E-state index contributed by atoms with van der Waals surface area (Å²) in [5.41, 5.74) is 3.44. The number of fused-ring (bicyclic) bond motifs is 1. The first-order chi connectivity index (χ1) is 12.2. The predicted octanol–water partition coefficient (Wildman–Crippen LogP) is 2.68. The van der Waals surface area contributed by atoms with Gasteiger partial charge >= 0.3 is 0 Å². The molecule has 0 radical (unpaired) electrons. The van der Waals surface area contributed by atoms with E-state index in [1.807, 2.05) is 19.1 Å². The second-order valence-corrected chi connectivity index (χ2v) is 6.12. The lowest BCUT2D eigenvalue weighted by atomic mass is 10.1. The minimum absolute atomic E-state index is 0.311. The van der Waals surface area contributed by atoms with Crippen molar-refractivity contribution in [3.63, 3.8) is 0 Å². The van der Waals surface area contributed by atoms with Gasteiger partial charge in [0.05, 0.1) is 29.9 Å². The number of nitriles is 1. The maximum Gasteiger partial charge on any atom is 0.246 e. The molecule has 0 aliphatic carbocycles. The summed E-state index contributed by atoms with van der Waals surface area (Å²) in [6, 6.07) is 8.34. The molecule has 0 amide bonds. The fraction of sp³-hybridized carbons (Fsp3) is 0.333. The SMILES string of the molecule is Cc1ccc2ncc(C#N)c(N3CCOC(c4nnc(C)o4)C3)c2c1. The molecule has 3 aromatic rings. The molecule has 1 fully saturated rings. The zero-order valence-electron chi connectivity index (χ0n) is 14.1. The van der Waals surface area contributed by atoms with E-state index in [1.165, 1.54) is 0 Å². The Bertz CT molecular complexity index is 975. The number of hydrogen-bond acceptors (Lipinski definition) is 7. The van der Waals surface area contributed by atoms with Gasteiger partial charge in [-0.1, -0.05) is 11.6 Å². The molecule has 1 saturated heterocycles. The minimum atomic E-state index is -0.311. The van der Waals surface area contributed by atoms with Crippen LogP contribution in [-0.4, -0.2) is 34.9 Å². The third-order valence-electron chi connectivity index (χ3n) is 4.32. The monoisotopic (exact) mass is 335 g/mol. The van der Waals surface area contributed by atoms with Crippen LogP contribution in [0.4, 0.5) is 5.69 Å². The highest BCUT2D eigenvalue weighted by atomic mass is 16.5. The van der Waals surface area contributed by atoms with Crippen LogP contribution in [-0.2, 0) is 4.74 Å². The highest BCUT2D eigenvalue weighted by Crippen LogP contribution is 2.33. The number of nitrogens with zero attached hydrogens (tertiary/aromatic N) is 5. The van der Waals surface area contributed by atoms with Gasteiger partial charge in [0.2, 0.25) is 11.8 Å². The molecule has 0 saturated carbocycles. The van der Waals surface area contributed by atoms with Crippen LogP contribution in [0.3, 0.4) is 0 Å². The number of hydrogen-bond donors (Lipinski definition) is 0. The lowest BCUT2D eigenvalue weighted by molar-refractivity contribution is 0.0217. The molecule has 3 heterocycles. The molecule has 2 aromatic heterocycles. The van der Waals surface area contributed by atoms with Crippen LogP contribution in [0.15, 0.2) is 28.8 Å². The van der Waals surface area contributed by atoms with Gasteiger partial charge in [-0.3, -0.25) is 4.98 Å². The zero-order chi connectivity index (χ0) is 17.4. The third-order valence-corrected chi connectivity index (χ3v) is 4.32. The summed E-state index contributed by atoms with van der Waals surface area (Å²) in [4.78, 5) is 6.56. The Hall–Kier alpha value is -2.98. The number of morpholine rings is 1. The standard InChI is InChI=1S/C18H17N5O2/c1-11-3-4-15-14(7-11)17(13(8-19)9-20-15)23-5-6-24-16(10-23)18-22-21-12(2)25-18/h3-4,7,9,16H,5-6,10H2,1-2H3. The quantitative estimate of drug-likeness (QED) is 0.711. The van der Waals surface area contributed by atoms with E-state index < -0.39 is 0 Å². The van der Waals surface area contributed by atoms with Gasteiger partial charge in [-0.25, -0.2) is 0 Å². The van der Waals surface area contributed by atoms with Crippen LogP contribution < -0.4 is 4.90 Å². The van der Waals surface area contributed by atoms with Crippen LogP contribution in [0.5, 0.6) is 0 Å². The van der Waals surface area contributed by atoms with Crippen LogP contribution in [0.25, 0.3) is 10.9 Å². The molecule has 25 heavy (non-hydrogen) atoms. The number of pyridine rings is 1. The van der Waals surface area contributed by atoms with Crippen molar-refractivity contribution in [1.29, 1.82) is 5.26 Å². The molecule has 7 nitrogen and oxygen atoms in total. The van der Waals surface area contributed by atoms with E-state index in [2.05, 4.69) is 32.2 Å². The van der Waals surface area contributed by atoms with Crippen molar-refractivity contribution in [2.75, 3.05) is 24.6 Å². The van der Waals surface area contributed by atoms with Crippen LogP contribution in [0.2, 0.25) is 0 Å². The van der Waals surface area contributed by atoms with Crippen LogP contribution >= 0.6 is 0 Å². The second kappa shape index (κ2) is 6.15. The zero-order valence-corrected chi connectivity index (χ0v) is 14.1. The summed E-state index contributed by atoms with van der Waals surface area (Å²) in [6.07, 6.45) is 1.32. The van der Waals surface area contributed by atoms with Gasteiger partial charge in [0.15, 0.2) is 6.10 Å². The maximum absolute atomic E-state index is 9.58. The van der Waals surface area contributed by atoms with Gasteiger partial charge in [-0.2, -0.15) is 5.26 Å². The first-order valence-electron chi connectivity index (χ1n) is 8.11. The van der Waals surface area contributed by atoms with Crippen LogP contribution in [0, 0.1) is 25.2 Å². The molecule has 0 bridgehead atoms. The van der Waals surface area contributed by atoms with Gasteiger partial charge in [-0.05, 0) is 19.1 Å². The largest absolute Gasteiger partial charge is 0.423 e. The Balaban J connectivity index is 1.78. The molecule has 126 valence electrons. The highest BCUT2D eigenvalue weighted by Gasteiger charge is 2.28. The van der Waals surface area contributed by atoms with Gasteiger partial charge in [0, 0.05) is 25.1 Å². The van der Waals surface area contributed by atoms with E-state index in [4.69, 9.17) is 9.15 Å². The number of ether oxygens (including phenoxy) is 1. The van der Waals surface area contributed by atoms with E-state index in [0.29, 0.717) is 37.0 Å². The highest BCUT2D eigenvalue weighted by molar-refractivity contribution is 5.95. The van der Waals surface area contributed by atoms with Crippen molar-refractivity contribution in [3.8, 4) is 6.07 Å². The van der Waals surface area contributed by atoms with Gasteiger partial charge in [-0.15, -0.1) is 10.2 Å². The van der Waals surface area contributed by atoms with E-state index in [9.17, 15) is 5.26 Å². The summed E-state index contributed by atoms with van der Waals surface area (Å²) < 4.78 is 11.3. The molecule has 1 aromatic carbocycles. The lowest BCUT2D eigenvalue weighted by Crippen LogP contribution is -2.39. The Labute approximate surface area is 144 Å². The Kier molecular flexibility index (Phi) is 3.82. The molecule has 7 heteroatoms.